The number of ether oxygens (including phenoxy) is 2. The largest absolute Gasteiger partial charge is 0.493 e. The summed E-state index contributed by atoms with van der Waals surface area (Å²) in [6.07, 6.45) is 1.14. The molecule has 0 unspecified atom stereocenters. The molecule has 0 aliphatic rings. The quantitative estimate of drug-likeness (QED) is 0.811. The first kappa shape index (κ1) is 13.8. The Hall–Kier alpha value is -1.27. The van der Waals surface area contributed by atoms with Crippen LogP contribution in [0.4, 0.5) is 0 Å². The normalized spacial score (nSPS) is 11.2. The summed E-state index contributed by atoms with van der Waals surface area (Å²) in [6.45, 7) is -0.155. The average molecular weight is 260 g/mol. The lowest BCUT2D eigenvalue weighted by molar-refractivity contribution is 0.260. The SMILES string of the molecule is COc1cccc(CO)c1OCCS(C)(=O)=O. The van der Waals surface area contributed by atoms with Gasteiger partial charge < -0.3 is 14.6 Å². The number of aliphatic hydroxyl groups excluding tert-OH is 1. The Bertz CT molecular complexity index is 445. The fourth-order valence-electron chi connectivity index (χ4n) is 1.31. The highest BCUT2D eigenvalue weighted by atomic mass is 32.2. The molecule has 0 spiro atoms. The van der Waals surface area contributed by atoms with Crippen molar-refractivity contribution in [1.82, 2.24) is 0 Å². The predicted octanol–water partition coefficient (Wildman–Crippen LogP) is 0.611. The lowest BCUT2D eigenvalue weighted by atomic mass is 10.2. The van der Waals surface area contributed by atoms with Gasteiger partial charge in [-0.3, -0.25) is 0 Å². The fraction of sp³-hybridized carbons (Fsp3) is 0.455. The molecule has 0 amide bonds. The van der Waals surface area contributed by atoms with Gasteiger partial charge in [-0.15, -0.1) is 0 Å². The summed E-state index contributed by atoms with van der Waals surface area (Å²) in [5, 5.41) is 9.14. The predicted molar refractivity (Wildman–Crippen MR) is 64.1 cm³/mol. The van der Waals surface area contributed by atoms with Crippen LogP contribution in [0.15, 0.2) is 18.2 Å². The molecule has 96 valence electrons. The van der Waals surface area contributed by atoms with Crippen LogP contribution in [0.5, 0.6) is 11.5 Å². The Morgan fingerprint density at radius 1 is 1.35 bits per heavy atom. The van der Waals surface area contributed by atoms with Gasteiger partial charge in [0.15, 0.2) is 21.3 Å². The first-order valence-electron chi connectivity index (χ1n) is 5.05. The van der Waals surface area contributed by atoms with Crippen molar-refractivity contribution in [2.75, 3.05) is 25.7 Å². The van der Waals surface area contributed by atoms with Gasteiger partial charge in [-0.1, -0.05) is 12.1 Å². The second-order valence-electron chi connectivity index (χ2n) is 3.58. The summed E-state index contributed by atoms with van der Waals surface area (Å²) in [6, 6.07) is 5.11. The molecule has 0 aromatic heterocycles. The second kappa shape index (κ2) is 5.88. The van der Waals surface area contributed by atoms with Crippen LogP contribution < -0.4 is 9.47 Å². The van der Waals surface area contributed by atoms with Crippen molar-refractivity contribution >= 4 is 9.84 Å². The molecular formula is C11H16O5S. The summed E-state index contributed by atoms with van der Waals surface area (Å²) in [5.74, 6) is 0.793. The van der Waals surface area contributed by atoms with Crippen molar-refractivity contribution in [2.24, 2.45) is 0 Å². The zero-order valence-electron chi connectivity index (χ0n) is 9.84. The monoisotopic (exact) mass is 260 g/mol. The number of hydrogen-bond donors (Lipinski definition) is 1. The molecule has 0 heterocycles. The van der Waals surface area contributed by atoms with Gasteiger partial charge >= 0.3 is 0 Å². The third kappa shape index (κ3) is 4.24. The van der Waals surface area contributed by atoms with Crippen molar-refractivity contribution in [2.45, 2.75) is 6.61 Å². The minimum absolute atomic E-state index is 0.0339. The fourth-order valence-corrected chi connectivity index (χ4v) is 1.69. The van der Waals surface area contributed by atoms with Gasteiger partial charge in [-0.25, -0.2) is 8.42 Å². The van der Waals surface area contributed by atoms with E-state index in [1.165, 1.54) is 7.11 Å². The molecule has 0 fully saturated rings. The highest BCUT2D eigenvalue weighted by molar-refractivity contribution is 7.90. The molecule has 1 rings (SSSR count). The molecule has 0 aliphatic heterocycles. The maximum Gasteiger partial charge on any atom is 0.166 e. The standard InChI is InChI=1S/C11H16O5S/c1-15-10-5-3-4-9(8-12)11(10)16-6-7-17(2,13)14/h3-5,12H,6-8H2,1-2H3. The summed E-state index contributed by atoms with van der Waals surface area (Å²) in [5.41, 5.74) is 0.567. The maximum atomic E-state index is 11.0. The van der Waals surface area contributed by atoms with E-state index in [1.54, 1.807) is 18.2 Å². The molecule has 0 bridgehead atoms. The van der Waals surface area contributed by atoms with Crippen LogP contribution in [0.2, 0.25) is 0 Å². The van der Waals surface area contributed by atoms with Gasteiger partial charge in [0.25, 0.3) is 0 Å². The van der Waals surface area contributed by atoms with E-state index in [2.05, 4.69) is 0 Å². The minimum Gasteiger partial charge on any atom is -0.493 e. The molecule has 0 saturated carbocycles. The summed E-state index contributed by atoms with van der Waals surface area (Å²) in [4.78, 5) is 0. The van der Waals surface area contributed by atoms with Crippen LogP contribution in [-0.4, -0.2) is 39.2 Å². The van der Waals surface area contributed by atoms with Crippen molar-refractivity contribution in [3.8, 4) is 11.5 Å². The van der Waals surface area contributed by atoms with Gasteiger partial charge in [0.2, 0.25) is 0 Å². The van der Waals surface area contributed by atoms with Gasteiger partial charge in [0, 0.05) is 11.8 Å². The van der Waals surface area contributed by atoms with E-state index >= 15 is 0 Å². The van der Waals surface area contributed by atoms with Crippen LogP contribution in [0.25, 0.3) is 0 Å². The Kier molecular flexibility index (Phi) is 4.77. The number of rotatable bonds is 6. The van der Waals surface area contributed by atoms with Gasteiger partial charge in [-0.2, -0.15) is 0 Å². The molecule has 0 saturated heterocycles. The van der Waals surface area contributed by atoms with Gasteiger partial charge in [-0.05, 0) is 6.07 Å². The zero-order valence-corrected chi connectivity index (χ0v) is 10.7. The Morgan fingerprint density at radius 2 is 2.06 bits per heavy atom. The van der Waals surface area contributed by atoms with E-state index in [0.717, 1.165) is 6.26 Å². The van der Waals surface area contributed by atoms with E-state index in [-0.39, 0.29) is 19.0 Å². The third-order valence-electron chi connectivity index (χ3n) is 2.15. The molecule has 1 aromatic rings. The molecule has 1 aromatic carbocycles. The van der Waals surface area contributed by atoms with E-state index in [1.807, 2.05) is 0 Å². The molecule has 5 nitrogen and oxygen atoms in total. The lowest BCUT2D eigenvalue weighted by Crippen LogP contribution is -2.13. The molecular weight excluding hydrogens is 244 g/mol. The van der Waals surface area contributed by atoms with Crippen molar-refractivity contribution in [3.63, 3.8) is 0 Å². The first-order chi connectivity index (χ1) is 7.98. The average Bonchev–Trinajstić information content (AvgIpc) is 2.27. The van der Waals surface area contributed by atoms with E-state index < -0.39 is 9.84 Å². The Morgan fingerprint density at radius 3 is 2.59 bits per heavy atom. The van der Waals surface area contributed by atoms with Crippen LogP contribution in [0.3, 0.4) is 0 Å². The van der Waals surface area contributed by atoms with Crippen LogP contribution in [0, 0.1) is 0 Å². The van der Waals surface area contributed by atoms with Crippen LogP contribution in [0.1, 0.15) is 5.56 Å². The van der Waals surface area contributed by atoms with E-state index in [9.17, 15) is 8.42 Å². The number of methoxy groups -OCH3 is 1. The van der Waals surface area contributed by atoms with Gasteiger partial charge in [0.05, 0.1) is 19.5 Å². The van der Waals surface area contributed by atoms with Crippen LogP contribution in [-0.2, 0) is 16.4 Å². The number of benzene rings is 1. The first-order valence-corrected chi connectivity index (χ1v) is 7.11. The maximum absolute atomic E-state index is 11.0. The van der Waals surface area contributed by atoms with Crippen LogP contribution >= 0.6 is 0 Å². The summed E-state index contributed by atoms with van der Waals surface area (Å²) >= 11 is 0. The third-order valence-corrected chi connectivity index (χ3v) is 3.06. The van der Waals surface area contributed by atoms with Crippen molar-refractivity contribution in [3.05, 3.63) is 23.8 Å². The molecule has 0 radical (unpaired) electrons. The van der Waals surface area contributed by atoms with Crippen molar-refractivity contribution in [1.29, 1.82) is 0 Å². The van der Waals surface area contributed by atoms with E-state index in [0.29, 0.717) is 17.1 Å². The zero-order chi connectivity index (χ0) is 12.9. The molecule has 0 atom stereocenters. The summed E-state index contributed by atoms with van der Waals surface area (Å²) < 4.78 is 32.4. The Balaban J connectivity index is 2.81. The molecule has 6 heteroatoms. The number of para-hydroxylation sites is 1. The highest BCUT2D eigenvalue weighted by Gasteiger charge is 2.11. The minimum atomic E-state index is -3.06. The lowest BCUT2D eigenvalue weighted by Gasteiger charge is -2.13. The Labute approximate surface area is 101 Å². The molecule has 1 N–H and O–H groups in total. The van der Waals surface area contributed by atoms with Crippen molar-refractivity contribution < 1.29 is 23.0 Å². The number of aliphatic hydroxyl groups is 1. The van der Waals surface area contributed by atoms with E-state index in [4.69, 9.17) is 14.6 Å². The highest BCUT2D eigenvalue weighted by Crippen LogP contribution is 2.30. The molecule has 17 heavy (non-hydrogen) atoms. The summed E-state index contributed by atoms with van der Waals surface area (Å²) in [7, 11) is -1.58. The smallest absolute Gasteiger partial charge is 0.166 e. The topological polar surface area (TPSA) is 72.8 Å². The molecule has 0 aliphatic carbocycles. The van der Waals surface area contributed by atoms with Gasteiger partial charge in [0.1, 0.15) is 6.61 Å². The number of sulfone groups is 1. The second-order valence-corrected chi connectivity index (χ2v) is 5.84. The number of hydrogen-bond acceptors (Lipinski definition) is 5.